The van der Waals surface area contributed by atoms with E-state index in [0.717, 1.165) is 27.9 Å². The molecule has 106 valence electrons. The zero-order chi connectivity index (χ0) is 13.2. The SMILES string of the molecule is O=S(=O)(N1CCCCC1)S(=O)(=O)N1CCOCC1. The molecule has 0 aromatic carbocycles. The molecule has 0 radical (unpaired) electrons. The Hall–Kier alpha value is -0.220. The predicted molar refractivity (Wildman–Crippen MR) is 65.7 cm³/mol. The number of morpholine rings is 1. The Morgan fingerprint density at radius 2 is 1.11 bits per heavy atom. The van der Waals surface area contributed by atoms with Gasteiger partial charge in [0.15, 0.2) is 0 Å². The fraction of sp³-hybridized carbons (Fsp3) is 1.00. The van der Waals surface area contributed by atoms with Crippen molar-refractivity contribution in [2.75, 3.05) is 39.4 Å². The summed E-state index contributed by atoms with van der Waals surface area (Å²) in [5.41, 5.74) is 0. The van der Waals surface area contributed by atoms with E-state index in [1.807, 2.05) is 0 Å². The van der Waals surface area contributed by atoms with Gasteiger partial charge in [-0.1, -0.05) is 6.42 Å². The average Bonchev–Trinajstić information content (AvgIpc) is 2.40. The molecule has 2 fully saturated rings. The Kier molecular flexibility index (Phi) is 4.27. The molecule has 0 aromatic heterocycles. The fourth-order valence-electron chi connectivity index (χ4n) is 2.13. The largest absolute Gasteiger partial charge is 0.379 e. The third-order valence-corrected chi connectivity index (χ3v) is 8.57. The van der Waals surface area contributed by atoms with Crippen LogP contribution in [0.15, 0.2) is 0 Å². The molecule has 9 heteroatoms. The van der Waals surface area contributed by atoms with Gasteiger partial charge in [0.1, 0.15) is 0 Å². The van der Waals surface area contributed by atoms with E-state index >= 15 is 0 Å². The molecule has 7 nitrogen and oxygen atoms in total. The van der Waals surface area contributed by atoms with E-state index in [-0.39, 0.29) is 26.3 Å². The molecule has 0 spiro atoms. The molecule has 0 bridgehead atoms. The molecule has 2 heterocycles. The lowest BCUT2D eigenvalue weighted by molar-refractivity contribution is 0.0738. The topological polar surface area (TPSA) is 84.0 Å². The first-order valence-electron chi connectivity index (χ1n) is 6.04. The Bertz CT molecular complexity index is 429. The molecule has 0 amide bonds. The number of ether oxygens (including phenoxy) is 1. The quantitative estimate of drug-likeness (QED) is 0.648. The van der Waals surface area contributed by atoms with Gasteiger partial charge in [0.25, 0.3) is 0 Å². The highest BCUT2D eigenvalue weighted by atomic mass is 33.2. The second-order valence-corrected chi connectivity index (χ2v) is 9.66. The Labute approximate surface area is 107 Å². The van der Waals surface area contributed by atoms with E-state index in [1.54, 1.807) is 0 Å². The number of rotatable bonds is 3. The standard InChI is InChI=1S/C9H18N2O5S2/c12-17(13,10-4-2-1-3-5-10)18(14,15)11-6-8-16-9-7-11/h1-9H2. The highest BCUT2D eigenvalue weighted by Crippen LogP contribution is 2.21. The van der Waals surface area contributed by atoms with Gasteiger partial charge in [0.2, 0.25) is 0 Å². The summed E-state index contributed by atoms with van der Waals surface area (Å²) in [6.07, 6.45) is 2.39. The Morgan fingerprint density at radius 1 is 0.667 bits per heavy atom. The van der Waals surface area contributed by atoms with Crippen LogP contribution in [0, 0.1) is 0 Å². The average molecular weight is 298 g/mol. The van der Waals surface area contributed by atoms with Crippen LogP contribution >= 0.6 is 0 Å². The van der Waals surface area contributed by atoms with E-state index in [0.29, 0.717) is 13.1 Å². The van der Waals surface area contributed by atoms with Crippen molar-refractivity contribution >= 4 is 18.1 Å². The summed E-state index contributed by atoms with van der Waals surface area (Å²) in [7, 11) is -8.59. The third kappa shape index (κ3) is 2.55. The summed E-state index contributed by atoms with van der Waals surface area (Å²) < 4.78 is 55.7. The van der Waals surface area contributed by atoms with Gasteiger partial charge < -0.3 is 4.74 Å². The van der Waals surface area contributed by atoms with Gasteiger partial charge in [-0.25, -0.2) is 0 Å². The second kappa shape index (κ2) is 5.41. The van der Waals surface area contributed by atoms with Crippen molar-refractivity contribution < 1.29 is 21.6 Å². The van der Waals surface area contributed by atoms with Gasteiger partial charge in [-0.05, 0) is 12.8 Å². The number of nitrogens with zero attached hydrogens (tertiary/aromatic N) is 2. The number of hydrogen-bond acceptors (Lipinski definition) is 5. The maximum Gasteiger partial charge on any atom is 0.334 e. The maximum absolute atomic E-state index is 12.2. The Morgan fingerprint density at radius 3 is 1.61 bits per heavy atom. The predicted octanol–water partition coefficient (Wildman–Crippen LogP) is -0.621. The van der Waals surface area contributed by atoms with E-state index in [9.17, 15) is 16.8 Å². The lowest BCUT2D eigenvalue weighted by Crippen LogP contribution is -2.49. The molecule has 2 aliphatic rings. The van der Waals surface area contributed by atoms with Gasteiger partial charge in [0, 0.05) is 26.2 Å². The smallest absolute Gasteiger partial charge is 0.334 e. The van der Waals surface area contributed by atoms with Gasteiger partial charge in [-0.15, -0.1) is 0 Å². The molecule has 0 aromatic rings. The van der Waals surface area contributed by atoms with Crippen molar-refractivity contribution in [1.82, 2.24) is 8.61 Å². The van der Waals surface area contributed by atoms with Crippen LogP contribution in [0.3, 0.4) is 0 Å². The number of hydrogen-bond donors (Lipinski definition) is 0. The summed E-state index contributed by atoms with van der Waals surface area (Å²) in [6.45, 7) is 1.30. The lowest BCUT2D eigenvalue weighted by Gasteiger charge is -2.30. The van der Waals surface area contributed by atoms with E-state index in [4.69, 9.17) is 4.74 Å². The molecule has 2 aliphatic heterocycles. The lowest BCUT2D eigenvalue weighted by atomic mass is 10.2. The van der Waals surface area contributed by atoms with Crippen molar-refractivity contribution in [2.24, 2.45) is 0 Å². The highest BCUT2D eigenvalue weighted by Gasteiger charge is 2.41. The minimum absolute atomic E-state index is 0.107. The first kappa shape index (κ1) is 14.2. The first-order valence-corrected chi connectivity index (χ1v) is 9.44. The summed E-state index contributed by atoms with van der Waals surface area (Å²) in [4.78, 5) is 0. The van der Waals surface area contributed by atoms with Crippen molar-refractivity contribution in [1.29, 1.82) is 0 Å². The molecular formula is C9H18N2O5S2. The molecule has 2 saturated heterocycles. The van der Waals surface area contributed by atoms with Crippen molar-refractivity contribution in [3.8, 4) is 0 Å². The zero-order valence-electron chi connectivity index (χ0n) is 10.1. The highest BCUT2D eigenvalue weighted by molar-refractivity contribution is 8.65. The van der Waals surface area contributed by atoms with Gasteiger partial charge in [0.05, 0.1) is 13.2 Å². The van der Waals surface area contributed by atoms with Crippen LogP contribution < -0.4 is 0 Å². The third-order valence-electron chi connectivity index (χ3n) is 3.18. The fourth-order valence-corrected chi connectivity index (χ4v) is 6.45. The van der Waals surface area contributed by atoms with Crippen LogP contribution in [0.25, 0.3) is 0 Å². The van der Waals surface area contributed by atoms with Crippen LogP contribution in [-0.4, -0.2) is 64.8 Å². The van der Waals surface area contributed by atoms with E-state index < -0.39 is 18.1 Å². The van der Waals surface area contributed by atoms with E-state index in [1.165, 1.54) is 0 Å². The van der Waals surface area contributed by atoms with Crippen molar-refractivity contribution in [2.45, 2.75) is 19.3 Å². The van der Waals surface area contributed by atoms with Crippen molar-refractivity contribution in [3.05, 3.63) is 0 Å². The molecule has 0 N–H and O–H groups in total. The molecule has 2 rings (SSSR count). The van der Waals surface area contributed by atoms with Crippen LogP contribution in [0.1, 0.15) is 19.3 Å². The van der Waals surface area contributed by atoms with E-state index in [2.05, 4.69) is 0 Å². The van der Waals surface area contributed by atoms with Gasteiger partial charge in [-0.2, -0.15) is 25.4 Å². The number of piperidine rings is 1. The van der Waals surface area contributed by atoms with Crippen LogP contribution in [-0.2, 0) is 22.8 Å². The van der Waals surface area contributed by atoms with Gasteiger partial charge >= 0.3 is 18.1 Å². The summed E-state index contributed by atoms with van der Waals surface area (Å²) in [6, 6.07) is 0. The minimum atomic E-state index is -4.31. The molecule has 0 atom stereocenters. The monoisotopic (exact) mass is 298 g/mol. The summed E-state index contributed by atoms with van der Waals surface area (Å²) in [5, 5.41) is 0. The zero-order valence-corrected chi connectivity index (χ0v) is 11.7. The Balaban J connectivity index is 2.21. The van der Waals surface area contributed by atoms with Crippen LogP contribution in [0.2, 0.25) is 0 Å². The minimum Gasteiger partial charge on any atom is -0.379 e. The van der Waals surface area contributed by atoms with Crippen LogP contribution in [0.5, 0.6) is 0 Å². The normalized spacial score (nSPS) is 25.1. The molecule has 0 unspecified atom stereocenters. The molecular weight excluding hydrogens is 280 g/mol. The van der Waals surface area contributed by atoms with Gasteiger partial charge in [-0.3, -0.25) is 0 Å². The molecule has 0 saturated carbocycles. The second-order valence-electron chi connectivity index (χ2n) is 4.39. The van der Waals surface area contributed by atoms with Crippen molar-refractivity contribution in [3.63, 3.8) is 0 Å². The summed E-state index contributed by atoms with van der Waals surface area (Å²) in [5.74, 6) is 0. The first-order chi connectivity index (χ1) is 8.46. The molecule has 18 heavy (non-hydrogen) atoms. The van der Waals surface area contributed by atoms with Crippen LogP contribution in [0.4, 0.5) is 0 Å². The maximum atomic E-state index is 12.2. The summed E-state index contributed by atoms with van der Waals surface area (Å²) >= 11 is 0. The molecule has 0 aliphatic carbocycles.